The summed E-state index contributed by atoms with van der Waals surface area (Å²) in [6, 6.07) is 5.70. The van der Waals surface area contributed by atoms with Crippen LogP contribution in [0.2, 0.25) is 5.02 Å². The fraction of sp³-hybridized carbons (Fsp3) is 0.579. The van der Waals surface area contributed by atoms with Crippen LogP contribution in [-0.2, 0) is 0 Å². The number of rotatable bonds is 2. The summed E-state index contributed by atoms with van der Waals surface area (Å²) in [7, 11) is 0. The topological polar surface area (TPSA) is 56.1 Å². The van der Waals surface area contributed by atoms with Crippen LogP contribution >= 0.6 is 11.6 Å². The Kier molecular flexibility index (Phi) is 4.11. The van der Waals surface area contributed by atoms with E-state index in [0.29, 0.717) is 29.3 Å². The number of piperidine rings is 1. The number of carbonyl (C=O) groups excluding carboxylic acids is 1. The number of anilines is 1. The molecule has 0 spiro atoms. The molecule has 2 aliphatic heterocycles. The van der Waals surface area contributed by atoms with Crippen LogP contribution in [0.3, 0.4) is 0 Å². The number of benzene rings is 1. The maximum atomic E-state index is 14.2. The van der Waals surface area contributed by atoms with Crippen molar-refractivity contribution in [3.63, 3.8) is 0 Å². The Morgan fingerprint density at radius 3 is 2.64 bits per heavy atom. The van der Waals surface area contributed by atoms with E-state index >= 15 is 0 Å². The van der Waals surface area contributed by atoms with E-state index in [1.165, 1.54) is 6.07 Å². The zero-order chi connectivity index (χ0) is 17.7. The molecule has 1 aromatic carbocycles. The van der Waals surface area contributed by atoms with Crippen LogP contribution in [0.1, 0.15) is 50.5 Å². The Balaban J connectivity index is 1.52. The number of urea groups is 1. The van der Waals surface area contributed by atoms with Gasteiger partial charge in [0.1, 0.15) is 5.82 Å². The van der Waals surface area contributed by atoms with Gasteiger partial charge >= 0.3 is 6.03 Å². The van der Waals surface area contributed by atoms with Crippen molar-refractivity contribution in [3.8, 4) is 6.07 Å². The normalized spacial score (nSPS) is 33.0. The molecule has 2 aliphatic carbocycles. The molecule has 3 unspecified atom stereocenters. The molecule has 2 bridgehead atoms. The molecular formula is C19H21ClFN3O. The summed E-state index contributed by atoms with van der Waals surface area (Å²) < 4.78 is 14.2. The number of hydrogen-bond donors (Lipinski definition) is 1. The predicted octanol–water partition coefficient (Wildman–Crippen LogP) is 4.90. The molecule has 25 heavy (non-hydrogen) atoms. The highest BCUT2D eigenvalue weighted by molar-refractivity contribution is 6.31. The van der Waals surface area contributed by atoms with Gasteiger partial charge in [-0.3, -0.25) is 0 Å². The Morgan fingerprint density at radius 2 is 2.04 bits per heavy atom. The SMILES string of the molecule is CC1CC2CC(C1)N2C(=O)Nc1cc(F)c(Cl)c(C2CC[C@@H]2C#N)c1. The standard InChI is InChI=1S/C19H21ClFN3O/c1-10-4-13-8-14(5-10)24(13)19(25)23-12-6-16(18(20)17(21)7-12)15-3-2-11(15)9-22/h6-7,10-11,13-15H,2-5,8H2,1H3,(H,23,25)/t10?,11-,13?,14?,15?/m1/s1. The van der Waals surface area contributed by atoms with E-state index in [4.69, 9.17) is 16.9 Å². The quantitative estimate of drug-likeness (QED) is 0.814. The third-order valence-corrected chi connectivity index (χ3v) is 6.46. The number of nitriles is 1. The maximum absolute atomic E-state index is 14.2. The highest BCUT2D eigenvalue weighted by Crippen LogP contribution is 2.46. The number of halogens is 2. The van der Waals surface area contributed by atoms with E-state index in [2.05, 4.69) is 18.3 Å². The zero-order valence-electron chi connectivity index (χ0n) is 14.1. The van der Waals surface area contributed by atoms with E-state index in [0.717, 1.165) is 32.1 Å². The summed E-state index contributed by atoms with van der Waals surface area (Å²) in [5.41, 5.74) is 1.05. The third kappa shape index (κ3) is 2.77. The molecule has 0 radical (unpaired) electrons. The van der Waals surface area contributed by atoms with Gasteiger partial charge in [-0.1, -0.05) is 18.5 Å². The number of carbonyl (C=O) groups is 1. The first-order chi connectivity index (χ1) is 12.0. The van der Waals surface area contributed by atoms with Crippen LogP contribution < -0.4 is 5.32 Å². The summed E-state index contributed by atoms with van der Waals surface area (Å²) >= 11 is 6.12. The van der Waals surface area contributed by atoms with Crippen LogP contribution in [-0.4, -0.2) is 23.0 Å². The maximum Gasteiger partial charge on any atom is 0.322 e. The molecule has 2 saturated heterocycles. The van der Waals surface area contributed by atoms with Gasteiger partial charge in [0.2, 0.25) is 0 Å². The van der Waals surface area contributed by atoms with Crippen molar-refractivity contribution in [2.75, 3.05) is 5.32 Å². The van der Waals surface area contributed by atoms with E-state index < -0.39 is 5.82 Å². The van der Waals surface area contributed by atoms with Crippen molar-refractivity contribution < 1.29 is 9.18 Å². The first kappa shape index (κ1) is 16.7. The lowest BCUT2D eigenvalue weighted by Crippen LogP contribution is -2.63. The molecule has 4 nitrogen and oxygen atoms in total. The Bertz CT molecular complexity index is 750. The van der Waals surface area contributed by atoms with Gasteiger partial charge in [0.25, 0.3) is 0 Å². The smallest absolute Gasteiger partial charge is 0.318 e. The fourth-order valence-electron chi connectivity index (χ4n) is 4.64. The van der Waals surface area contributed by atoms with Crippen molar-refractivity contribution in [2.24, 2.45) is 11.8 Å². The number of nitrogens with zero attached hydrogens (tertiary/aromatic N) is 2. The second-order valence-electron chi connectivity index (χ2n) is 7.74. The van der Waals surface area contributed by atoms with Crippen LogP contribution in [0.25, 0.3) is 0 Å². The lowest BCUT2D eigenvalue weighted by Gasteiger charge is -2.54. The van der Waals surface area contributed by atoms with E-state index in [-0.39, 0.29) is 22.9 Å². The monoisotopic (exact) mass is 361 g/mol. The predicted molar refractivity (Wildman–Crippen MR) is 93.9 cm³/mol. The lowest BCUT2D eigenvalue weighted by molar-refractivity contribution is -0.00601. The van der Waals surface area contributed by atoms with Crippen LogP contribution in [0.5, 0.6) is 0 Å². The molecular weight excluding hydrogens is 341 g/mol. The molecule has 1 N–H and O–H groups in total. The molecule has 4 aliphatic rings. The molecule has 0 aromatic heterocycles. The lowest BCUT2D eigenvalue weighted by atomic mass is 9.71. The number of amides is 2. The highest BCUT2D eigenvalue weighted by atomic mass is 35.5. The average molecular weight is 362 g/mol. The van der Waals surface area contributed by atoms with Crippen molar-refractivity contribution in [2.45, 2.75) is 57.0 Å². The molecule has 2 heterocycles. The van der Waals surface area contributed by atoms with E-state index in [1.54, 1.807) is 6.07 Å². The first-order valence-corrected chi connectivity index (χ1v) is 9.33. The highest BCUT2D eigenvalue weighted by Gasteiger charge is 2.46. The Labute approximate surface area is 151 Å². The zero-order valence-corrected chi connectivity index (χ0v) is 14.9. The van der Waals surface area contributed by atoms with Crippen molar-refractivity contribution in [1.29, 1.82) is 5.26 Å². The summed E-state index contributed by atoms with van der Waals surface area (Å²) in [6.07, 6.45) is 4.78. The molecule has 4 atom stereocenters. The third-order valence-electron chi connectivity index (χ3n) is 6.06. The van der Waals surface area contributed by atoms with E-state index in [9.17, 15) is 9.18 Å². The number of fused-ring (bicyclic) bond motifs is 2. The van der Waals surface area contributed by atoms with Gasteiger partial charge in [-0.2, -0.15) is 5.26 Å². The molecule has 6 heteroatoms. The van der Waals surface area contributed by atoms with Crippen LogP contribution in [0.15, 0.2) is 12.1 Å². The van der Waals surface area contributed by atoms with Gasteiger partial charge < -0.3 is 10.2 Å². The van der Waals surface area contributed by atoms with Crippen molar-refractivity contribution in [3.05, 3.63) is 28.5 Å². The number of hydrogen-bond acceptors (Lipinski definition) is 2. The van der Waals surface area contributed by atoms with Crippen molar-refractivity contribution >= 4 is 23.3 Å². The minimum Gasteiger partial charge on any atom is -0.318 e. The second kappa shape index (κ2) is 6.17. The Hall–Kier alpha value is -1.80. The fourth-order valence-corrected chi connectivity index (χ4v) is 4.89. The summed E-state index contributed by atoms with van der Waals surface area (Å²) in [4.78, 5) is 14.5. The van der Waals surface area contributed by atoms with Gasteiger partial charge in [-0.15, -0.1) is 0 Å². The van der Waals surface area contributed by atoms with Gasteiger partial charge in [0.05, 0.1) is 17.0 Å². The molecule has 132 valence electrons. The average Bonchev–Trinajstić information content (AvgIpc) is 2.51. The minimum absolute atomic E-state index is 0.0481. The minimum atomic E-state index is -0.546. The summed E-state index contributed by atoms with van der Waals surface area (Å²) in [5.74, 6) is -0.0587. The van der Waals surface area contributed by atoms with Gasteiger partial charge in [-0.25, -0.2) is 9.18 Å². The van der Waals surface area contributed by atoms with Crippen LogP contribution in [0.4, 0.5) is 14.9 Å². The summed E-state index contributed by atoms with van der Waals surface area (Å²) in [5, 5.41) is 12.1. The van der Waals surface area contributed by atoms with Gasteiger partial charge in [0, 0.05) is 23.7 Å². The summed E-state index contributed by atoms with van der Waals surface area (Å²) in [6.45, 7) is 2.22. The number of nitrogens with one attached hydrogen (secondary N) is 1. The Morgan fingerprint density at radius 1 is 1.32 bits per heavy atom. The van der Waals surface area contributed by atoms with Crippen LogP contribution in [0, 0.1) is 29.0 Å². The van der Waals surface area contributed by atoms with Gasteiger partial charge in [-0.05, 0) is 55.7 Å². The van der Waals surface area contributed by atoms with Gasteiger partial charge in [0.15, 0.2) is 0 Å². The largest absolute Gasteiger partial charge is 0.322 e. The molecule has 2 saturated carbocycles. The first-order valence-electron chi connectivity index (χ1n) is 8.95. The molecule has 4 fully saturated rings. The van der Waals surface area contributed by atoms with Crippen molar-refractivity contribution in [1.82, 2.24) is 4.90 Å². The second-order valence-corrected chi connectivity index (χ2v) is 8.12. The molecule has 1 aromatic rings. The van der Waals surface area contributed by atoms with E-state index in [1.807, 2.05) is 4.90 Å². The molecule has 2 amide bonds. The molecule has 5 rings (SSSR count).